The molecule has 0 aromatic carbocycles. The van der Waals surface area contributed by atoms with E-state index in [1.807, 2.05) is 0 Å². The number of amides is 1. The molecular weight excluding hydrogens is 275 g/mol. The lowest BCUT2D eigenvalue weighted by Crippen LogP contribution is -2.29. The number of halogens is 2. The third kappa shape index (κ3) is 3.64. The first kappa shape index (κ1) is 15.3. The van der Waals surface area contributed by atoms with Gasteiger partial charge in [-0.2, -0.15) is 0 Å². The molecular formula is C12H18Cl2N2O2. The third-order valence-electron chi connectivity index (χ3n) is 2.83. The largest absolute Gasteiger partial charge is 0.396 e. The predicted octanol–water partition coefficient (Wildman–Crippen LogP) is 2.57. The Hall–Kier alpha value is -0.710. The lowest BCUT2D eigenvalue weighted by Gasteiger charge is -2.17. The molecule has 0 aliphatic heterocycles. The SMILES string of the molecule is CN(CCCCCO)C(=O)c1cc(Cl)c(Cl)n1C. The van der Waals surface area contributed by atoms with Gasteiger partial charge in [-0.3, -0.25) is 4.79 Å². The summed E-state index contributed by atoms with van der Waals surface area (Å²) in [6, 6.07) is 1.58. The Balaban J connectivity index is 2.60. The van der Waals surface area contributed by atoms with Gasteiger partial charge in [0.05, 0.1) is 5.02 Å². The van der Waals surface area contributed by atoms with Crippen molar-refractivity contribution < 1.29 is 9.90 Å². The summed E-state index contributed by atoms with van der Waals surface area (Å²) in [5.41, 5.74) is 0.481. The van der Waals surface area contributed by atoms with Gasteiger partial charge < -0.3 is 14.6 Å². The van der Waals surface area contributed by atoms with E-state index in [-0.39, 0.29) is 12.5 Å². The molecule has 0 saturated carbocycles. The molecule has 0 spiro atoms. The highest BCUT2D eigenvalue weighted by molar-refractivity contribution is 6.41. The van der Waals surface area contributed by atoms with Crippen LogP contribution in [0.2, 0.25) is 10.2 Å². The minimum absolute atomic E-state index is 0.102. The average molecular weight is 293 g/mol. The number of rotatable bonds is 6. The van der Waals surface area contributed by atoms with Crippen molar-refractivity contribution in [2.24, 2.45) is 7.05 Å². The van der Waals surface area contributed by atoms with E-state index in [1.165, 1.54) is 0 Å². The summed E-state index contributed by atoms with van der Waals surface area (Å²) in [7, 11) is 3.46. The Bertz CT molecular complexity index is 418. The van der Waals surface area contributed by atoms with Gasteiger partial charge in [0.25, 0.3) is 5.91 Å². The highest BCUT2D eigenvalue weighted by Crippen LogP contribution is 2.25. The number of carbonyl (C=O) groups is 1. The summed E-state index contributed by atoms with van der Waals surface area (Å²) in [5, 5.41) is 9.43. The highest BCUT2D eigenvalue weighted by Gasteiger charge is 2.18. The summed E-state index contributed by atoms with van der Waals surface area (Å²) in [4.78, 5) is 13.8. The van der Waals surface area contributed by atoms with Crippen LogP contribution in [0.15, 0.2) is 6.07 Å². The van der Waals surface area contributed by atoms with E-state index >= 15 is 0 Å². The zero-order valence-corrected chi connectivity index (χ0v) is 12.1. The van der Waals surface area contributed by atoms with Gasteiger partial charge >= 0.3 is 0 Å². The molecule has 18 heavy (non-hydrogen) atoms. The van der Waals surface area contributed by atoms with Crippen LogP contribution in [0.5, 0.6) is 0 Å². The summed E-state index contributed by atoms with van der Waals surface area (Å²) >= 11 is 11.8. The lowest BCUT2D eigenvalue weighted by molar-refractivity contribution is 0.0783. The maximum atomic E-state index is 12.1. The van der Waals surface area contributed by atoms with Crippen molar-refractivity contribution in [2.45, 2.75) is 19.3 Å². The molecule has 0 aliphatic rings. The van der Waals surface area contributed by atoms with Gasteiger partial charge in [0.15, 0.2) is 0 Å². The van der Waals surface area contributed by atoms with Crippen LogP contribution in [0.3, 0.4) is 0 Å². The first-order chi connectivity index (χ1) is 8.49. The number of aliphatic hydroxyl groups excluding tert-OH is 1. The Kier molecular flexibility index (Phi) is 5.99. The Morgan fingerprint density at radius 2 is 2.06 bits per heavy atom. The molecule has 0 fully saturated rings. The monoisotopic (exact) mass is 292 g/mol. The average Bonchev–Trinajstić information content (AvgIpc) is 2.61. The maximum absolute atomic E-state index is 12.1. The number of nitrogens with zero attached hydrogens (tertiary/aromatic N) is 2. The number of carbonyl (C=O) groups excluding carboxylic acids is 1. The maximum Gasteiger partial charge on any atom is 0.270 e. The molecule has 0 aliphatic carbocycles. The van der Waals surface area contributed by atoms with Crippen LogP contribution in [0, 0.1) is 0 Å². The third-order valence-corrected chi connectivity index (χ3v) is 3.68. The van der Waals surface area contributed by atoms with Crippen LogP contribution in [-0.4, -0.2) is 40.7 Å². The second-order valence-corrected chi connectivity index (χ2v) is 5.00. The lowest BCUT2D eigenvalue weighted by atomic mass is 10.2. The van der Waals surface area contributed by atoms with Crippen molar-refractivity contribution in [1.29, 1.82) is 0 Å². The number of hydrogen-bond donors (Lipinski definition) is 1. The topological polar surface area (TPSA) is 45.5 Å². The molecule has 4 nitrogen and oxygen atoms in total. The van der Waals surface area contributed by atoms with Crippen molar-refractivity contribution in [3.63, 3.8) is 0 Å². The van der Waals surface area contributed by atoms with Gasteiger partial charge in [-0.15, -0.1) is 0 Å². The van der Waals surface area contributed by atoms with E-state index in [0.717, 1.165) is 19.3 Å². The molecule has 1 aromatic heterocycles. The Morgan fingerprint density at radius 3 is 2.56 bits per heavy atom. The van der Waals surface area contributed by atoms with Crippen LogP contribution >= 0.6 is 23.2 Å². The zero-order valence-electron chi connectivity index (χ0n) is 10.6. The van der Waals surface area contributed by atoms with Gasteiger partial charge in [0.1, 0.15) is 10.8 Å². The molecule has 0 unspecified atom stereocenters. The Labute approximate surface area is 117 Å². The van der Waals surface area contributed by atoms with Gasteiger partial charge in [-0.05, 0) is 25.3 Å². The molecule has 1 amide bonds. The van der Waals surface area contributed by atoms with Gasteiger partial charge in [0, 0.05) is 27.2 Å². The van der Waals surface area contributed by atoms with Crippen LogP contribution in [0.25, 0.3) is 0 Å². The van der Waals surface area contributed by atoms with Gasteiger partial charge in [-0.1, -0.05) is 23.2 Å². The summed E-state index contributed by atoms with van der Waals surface area (Å²) in [6.07, 6.45) is 2.54. The molecule has 0 saturated heterocycles. The molecule has 1 N–H and O–H groups in total. The van der Waals surface area contributed by atoms with E-state index in [4.69, 9.17) is 28.3 Å². The van der Waals surface area contributed by atoms with Crippen molar-refractivity contribution in [3.05, 3.63) is 21.9 Å². The number of aliphatic hydroxyl groups is 1. The van der Waals surface area contributed by atoms with Crippen LogP contribution in [0.1, 0.15) is 29.8 Å². The fraction of sp³-hybridized carbons (Fsp3) is 0.583. The number of hydrogen-bond acceptors (Lipinski definition) is 2. The standard InChI is InChI=1S/C12H18Cl2N2O2/c1-15(6-4-3-5-7-17)12(18)10-8-9(13)11(14)16(10)2/h8,17H,3-7H2,1-2H3. The predicted molar refractivity (Wildman–Crippen MR) is 73.3 cm³/mol. The van der Waals surface area contributed by atoms with Gasteiger partial charge in [-0.25, -0.2) is 0 Å². The first-order valence-corrected chi connectivity index (χ1v) is 6.61. The van der Waals surface area contributed by atoms with E-state index in [0.29, 0.717) is 22.4 Å². The summed E-state index contributed by atoms with van der Waals surface area (Å²) < 4.78 is 1.58. The van der Waals surface area contributed by atoms with Crippen LogP contribution in [0.4, 0.5) is 0 Å². The smallest absolute Gasteiger partial charge is 0.270 e. The van der Waals surface area contributed by atoms with Crippen molar-refractivity contribution in [3.8, 4) is 0 Å². The highest BCUT2D eigenvalue weighted by atomic mass is 35.5. The molecule has 0 radical (unpaired) electrons. The molecule has 1 aromatic rings. The van der Waals surface area contributed by atoms with Crippen LogP contribution < -0.4 is 0 Å². The first-order valence-electron chi connectivity index (χ1n) is 5.86. The normalized spacial score (nSPS) is 10.7. The molecule has 102 valence electrons. The van der Waals surface area contributed by atoms with Crippen molar-refractivity contribution in [2.75, 3.05) is 20.2 Å². The van der Waals surface area contributed by atoms with Crippen molar-refractivity contribution >= 4 is 29.1 Å². The van der Waals surface area contributed by atoms with Gasteiger partial charge in [0.2, 0.25) is 0 Å². The van der Waals surface area contributed by atoms with Crippen molar-refractivity contribution in [1.82, 2.24) is 9.47 Å². The Morgan fingerprint density at radius 1 is 1.39 bits per heavy atom. The van der Waals surface area contributed by atoms with Crippen LogP contribution in [-0.2, 0) is 7.05 Å². The number of unbranched alkanes of at least 4 members (excludes halogenated alkanes) is 2. The van der Waals surface area contributed by atoms with E-state index in [2.05, 4.69) is 0 Å². The molecule has 0 bridgehead atoms. The fourth-order valence-electron chi connectivity index (χ4n) is 1.68. The van der Waals surface area contributed by atoms with E-state index in [1.54, 1.807) is 29.6 Å². The summed E-state index contributed by atoms with van der Waals surface area (Å²) in [5.74, 6) is -0.102. The molecule has 0 atom stereocenters. The second-order valence-electron chi connectivity index (χ2n) is 4.24. The second kappa shape index (κ2) is 7.02. The molecule has 6 heteroatoms. The number of aromatic nitrogens is 1. The molecule has 1 rings (SSSR count). The van der Waals surface area contributed by atoms with E-state index in [9.17, 15) is 4.79 Å². The fourth-order valence-corrected chi connectivity index (χ4v) is 2.06. The van der Waals surface area contributed by atoms with E-state index < -0.39 is 0 Å². The zero-order chi connectivity index (χ0) is 13.7. The quantitative estimate of drug-likeness (QED) is 0.819. The summed E-state index contributed by atoms with van der Waals surface area (Å²) in [6.45, 7) is 0.847. The molecule has 1 heterocycles. The minimum atomic E-state index is -0.102. The minimum Gasteiger partial charge on any atom is -0.396 e.